The molecule has 122 valence electrons. The van der Waals surface area contributed by atoms with Crippen LogP contribution in [0, 0.1) is 0 Å². The van der Waals surface area contributed by atoms with Crippen molar-refractivity contribution in [1.29, 1.82) is 0 Å². The Labute approximate surface area is 132 Å². The van der Waals surface area contributed by atoms with Gasteiger partial charge in [0.15, 0.2) is 0 Å². The minimum Gasteiger partial charge on any atom is -0.490 e. The number of hydrogen-bond donors (Lipinski definition) is 1. The monoisotopic (exact) mass is 306 g/mol. The van der Waals surface area contributed by atoms with Crippen molar-refractivity contribution in [3.05, 3.63) is 23.8 Å². The molecule has 0 saturated heterocycles. The second kappa shape index (κ2) is 8.03. The van der Waals surface area contributed by atoms with Crippen molar-refractivity contribution in [3.63, 3.8) is 0 Å². The highest BCUT2D eigenvalue weighted by molar-refractivity contribution is 5.91. The third-order valence-electron chi connectivity index (χ3n) is 3.87. The van der Waals surface area contributed by atoms with Gasteiger partial charge in [0.1, 0.15) is 18.5 Å². The predicted molar refractivity (Wildman–Crippen MR) is 87.2 cm³/mol. The van der Waals surface area contributed by atoms with Crippen LogP contribution in [0.25, 0.3) is 0 Å². The molecule has 0 amide bonds. The maximum atomic E-state index is 12.2. The molecule has 1 aromatic carbocycles. The zero-order valence-corrected chi connectivity index (χ0v) is 13.5. The molecule has 1 fully saturated rings. The van der Waals surface area contributed by atoms with Crippen LogP contribution >= 0.6 is 0 Å². The Kier molecular flexibility index (Phi) is 6.07. The molecule has 1 aliphatic rings. The second-order valence-electron chi connectivity index (χ2n) is 6.07. The quantitative estimate of drug-likeness (QED) is 0.646. The summed E-state index contributed by atoms with van der Waals surface area (Å²) in [4.78, 5) is 14.2. The molecule has 1 aromatic rings. The summed E-state index contributed by atoms with van der Waals surface area (Å²) >= 11 is 0. The lowest BCUT2D eigenvalue weighted by Crippen LogP contribution is -2.21. The van der Waals surface area contributed by atoms with E-state index in [9.17, 15) is 4.79 Å². The van der Waals surface area contributed by atoms with Crippen molar-refractivity contribution < 1.29 is 14.3 Å². The van der Waals surface area contributed by atoms with Crippen molar-refractivity contribution in [2.24, 2.45) is 0 Å². The van der Waals surface area contributed by atoms with Crippen LogP contribution in [-0.4, -0.2) is 44.2 Å². The average molecular weight is 306 g/mol. The summed E-state index contributed by atoms with van der Waals surface area (Å²) in [5, 5.41) is 0. The van der Waals surface area contributed by atoms with Crippen molar-refractivity contribution in [2.75, 3.05) is 33.0 Å². The molecule has 2 rings (SSSR count). The van der Waals surface area contributed by atoms with Crippen molar-refractivity contribution >= 4 is 11.7 Å². The second-order valence-corrected chi connectivity index (χ2v) is 6.07. The summed E-state index contributed by atoms with van der Waals surface area (Å²) in [5.41, 5.74) is 6.92. The summed E-state index contributed by atoms with van der Waals surface area (Å²) < 4.78 is 11.2. The topological polar surface area (TPSA) is 64.8 Å². The first-order valence-corrected chi connectivity index (χ1v) is 7.94. The van der Waals surface area contributed by atoms with E-state index in [1.807, 2.05) is 19.0 Å². The number of nitrogens with zero attached hydrogens (tertiary/aromatic N) is 1. The molecule has 0 heterocycles. The number of hydrogen-bond acceptors (Lipinski definition) is 5. The lowest BCUT2D eigenvalue weighted by Gasteiger charge is -2.22. The zero-order valence-electron chi connectivity index (χ0n) is 13.5. The number of anilines is 1. The van der Waals surface area contributed by atoms with Gasteiger partial charge in [-0.3, -0.25) is 0 Å². The zero-order chi connectivity index (χ0) is 15.9. The molecule has 1 aliphatic carbocycles. The van der Waals surface area contributed by atoms with Crippen LogP contribution in [0.5, 0.6) is 5.75 Å². The van der Waals surface area contributed by atoms with Gasteiger partial charge in [-0.05, 0) is 58.0 Å². The molecule has 5 heteroatoms. The number of carbonyl (C=O) groups excluding carboxylic acids is 1. The highest BCUT2D eigenvalue weighted by atomic mass is 16.5. The third-order valence-corrected chi connectivity index (χ3v) is 3.87. The van der Waals surface area contributed by atoms with Gasteiger partial charge in [-0.25, -0.2) is 4.79 Å². The molecule has 0 atom stereocenters. The average Bonchev–Trinajstić information content (AvgIpc) is 2.49. The van der Waals surface area contributed by atoms with Crippen LogP contribution in [0.2, 0.25) is 0 Å². The van der Waals surface area contributed by atoms with E-state index in [-0.39, 0.29) is 12.1 Å². The van der Waals surface area contributed by atoms with Gasteiger partial charge in [0, 0.05) is 6.54 Å². The Morgan fingerprint density at radius 3 is 2.64 bits per heavy atom. The van der Waals surface area contributed by atoms with E-state index >= 15 is 0 Å². The molecule has 0 aliphatic heterocycles. The largest absolute Gasteiger partial charge is 0.490 e. The van der Waals surface area contributed by atoms with E-state index < -0.39 is 0 Å². The number of likely N-dealkylation sites (N-methyl/N-ethyl adjacent to an activating group) is 1. The van der Waals surface area contributed by atoms with Crippen molar-refractivity contribution in [2.45, 2.75) is 38.2 Å². The first-order valence-electron chi connectivity index (χ1n) is 7.94. The SMILES string of the molecule is CN(C)CCOc1ccc(C(=O)OC2CCCCC2)cc1N. The maximum absolute atomic E-state index is 12.2. The van der Waals surface area contributed by atoms with Crippen molar-refractivity contribution in [3.8, 4) is 5.75 Å². The van der Waals surface area contributed by atoms with Gasteiger partial charge in [0.05, 0.1) is 11.3 Å². The fourth-order valence-corrected chi connectivity index (χ4v) is 2.55. The van der Waals surface area contributed by atoms with Gasteiger partial charge >= 0.3 is 5.97 Å². The number of esters is 1. The van der Waals surface area contributed by atoms with E-state index in [4.69, 9.17) is 15.2 Å². The molecule has 0 spiro atoms. The number of benzene rings is 1. The fourth-order valence-electron chi connectivity index (χ4n) is 2.55. The fraction of sp³-hybridized carbons (Fsp3) is 0.588. The Morgan fingerprint density at radius 2 is 2.00 bits per heavy atom. The van der Waals surface area contributed by atoms with Crippen LogP contribution < -0.4 is 10.5 Å². The molecular weight excluding hydrogens is 280 g/mol. The molecule has 0 aromatic heterocycles. The first-order chi connectivity index (χ1) is 10.6. The number of nitrogens with two attached hydrogens (primary N) is 1. The Balaban J connectivity index is 1.91. The molecule has 2 N–H and O–H groups in total. The third kappa shape index (κ3) is 4.91. The summed E-state index contributed by atoms with van der Waals surface area (Å²) in [6.45, 7) is 1.37. The van der Waals surface area contributed by atoms with Gasteiger partial charge in [0.2, 0.25) is 0 Å². The lowest BCUT2D eigenvalue weighted by molar-refractivity contribution is 0.0211. The molecule has 0 radical (unpaired) electrons. The van der Waals surface area contributed by atoms with Crippen LogP contribution in [0.1, 0.15) is 42.5 Å². The normalized spacial score (nSPS) is 15.8. The highest BCUT2D eigenvalue weighted by Gasteiger charge is 2.19. The van der Waals surface area contributed by atoms with Crippen LogP contribution in [0.15, 0.2) is 18.2 Å². The van der Waals surface area contributed by atoms with E-state index in [0.29, 0.717) is 23.6 Å². The van der Waals surface area contributed by atoms with Crippen LogP contribution in [0.4, 0.5) is 5.69 Å². The Hall–Kier alpha value is -1.75. The predicted octanol–water partition coefficient (Wildman–Crippen LogP) is 2.70. The molecule has 22 heavy (non-hydrogen) atoms. The summed E-state index contributed by atoms with van der Waals surface area (Å²) in [7, 11) is 3.97. The minimum atomic E-state index is -0.293. The van der Waals surface area contributed by atoms with Gasteiger partial charge < -0.3 is 20.1 Å². The van der Waals surface area contributed by atoms with E-state index in [2.05, 4.69) is 0 Å². The number of carbonyl (C=O) groups is 1. The summed E-state index contributed by atoms with van der Waals surface area (Å²) in [5.74, 6) is 0.314. The smallest absolute Gasteiger partial charge is 0.338 e. The van der Waals surface area contributed by atoms with Gasteiger partial charge in [-0.1, -0.05) is 6.42 Å². The maximum Gasteiger partial charge on any atom is 0.338 e. The molecule has 1 saturated carbocycles. The Bertz CT molecular complexity index is 497. The standard InChI is InChI=1S/C17H26N2O3/c1-19(2)10-11-21-16-9-8-13(12-15(16)18)17(20)22-14-6-4-3-5-7-14/h8-9,12,14H,3-7,10-11,18H2,1-2H3. The highest BCUT2D eigenvalue weighted by Crippen LogP contribution is 2.25. The number of nitrogen functional groups attached to an aromatic ring is 1. The lowest BCUT2D eigenvalue weighted by atomic mass is 9.98. The molecule has 0 unspecified atom stereocenters. The Morgan fingerprint density at radius 1 is 1.27 bits per heavy atom. The molecule has 0 bridgehead atoms. The molecule has 5 nitrogen and oxygen atoms in total. The van der Waals surface area contributed by atoms with Crippen molar-refractivity contribution in [1.82, 2.24) is 4.90 Å². The van der Waals surface area contributed by atoms with Crippen LogP contribution in [0.3, 0.4) is 0 Å². The van der Waals surface area contributed by atoms with E-state index in [0.717, 1.165) is 32.2 Å². The first kappa shape index (κ1) is 16.6. The van der Waals surface area contributed by atoms with E-state index in [1.54, 1.807) is 18.2 Å². The van der Waals surface area contributed by atoms with Crippen LogP contribution in [-0.2, 0) is 4.74 Å². The van der Waals surface area contributed by atoms with Gasteiger partial charge in [0.25, 0.3) is 0 Å². The summed E-state index contributed by atoms with van der Waals surface area (Å²) in [6.07, 6.45) is 5.50. The minimum absolute atomic E-state index is 0.0542. The number of rotatable bonds is 6. The van der Waals surface area contributed by atoms with Gasteiger partial charge in [-0.15, -0.1) is 0 Å². The summed E-state index contributed by atoms with van der Waals surface area (Å²) in [6, 6.07) is 5.09. The van der Waals surface area contributed by atoms with Gasteiger partial charge in [-0.2, -0.15) is 0 Å². The number of ether oxygens (including phenoxy) is 2. The molecular formula is C17H26N2O3. The van der Waals surface area contributed by atoms with E-state index in [1.165, 1.54) is 6.42 Å².